The molecule has 0 aromatic carbocycles. The van der Waals surface area contributed by atoms with Crippen LogP contribution in [-0.2, 0) is 4.79 Å². The summed E-state index contributed by atoms with van der Waals surface area (Å²) in [5.41, 5.74) is 0.882. The Kier molecular flexibility index (Phi) is 4.12. The molecule has 1 aromatic rings. The van der Waals surface area contributed by atoms with Crippen LogP contribution < -0.4 is 5.32 Å². The highest BCUT2D eigenvalue weighted by molar-refractivity contribution is 5.71. The maximum Gasteiger partial charge on any atom is 0.308 e. The Balaban J connectivity index is 2.11. The highest BCUT2D eigenvalue weighted by atomic mass is 16.4. The van der Waals surface area contributed by atoms with E-state index in [1.807, 2.05) is 13.0 Å². The highest BCUT2D eigenvalue weighted by Crippen LogP contribution is 2.25. The Hall–Kier alpha value is -1.65. The van der Waals surface area contributed by atoms with Gasteiger partial charge in [0.2, 0.25) is 5.95 Å². The molecule has 5 heteroatoms. The summed E-state index contributed by atoms with van der Waals surface area (Å²) in [7, 11) is 0. The zero-order chi connectivity index (χ0) is 13.0. The van der Waals surface area contributed by atoms with Gasteiger partial charge in [0.25, 0.3) is 0 Å². The second-order valence-electron chi connectivity index (χ2n) is 4.86. The van der Waals surface area contributed by atoms with Crippen LogP contribution >= 0.6 is 0 Å². The van der Waals surface area contributed by atoms with E-state index in [0.29, 0.717) is 5.95 Å². The monoisotopic (exact) mass is 249 g/mol. The topological polar surface area (TPSA) is 75.1 Å². The summed E-state index contributed by atoms with van der Waals surface area (Å²) in [6.07, 6.45) is 6.46. The molecular formula is C13H19N3O2. The fourth-order valence-corrected chi connectivity index (χ4v) is 2.46. The first-order valence-corrected chi connectivity index (χ1v) is 6.46. The molecule has 0 saturated heterocycles. The van der Waals surface area contributed by atoms with Crippen LogP contribution in [0.2, 0.25) is 0 Å². The zero-order valence-electron chi connectivity index (χ0n) is 10.6. The van der Waals surface area contributed by atoms with Gasteiger partial charge in [-0.05, 0) is 25.8 Å². The Labute approximate surface area is 107 Å². The molecule has 0 aliphatic heterocycles. The maximum atomic E-state index is 11.3. The molecule has 0 amide bonds. The van der Waals surface area contributed by atoms with Gasteiger partial charge in [0.15, 0.2) is 0 Å². The van der Waals surface area contributed by atoms with E-state index < -0.39 is 5.97 Å². The number of carboxylic acid groups (broad SMARTS) is 1. The van der Waals surface area contributed by atoms with Crippen molar-refractivity contribution in [2.24, 2.45) is 5.92 Å². The molecule has 98 valence electrons. The molecule has 0 radical (unpaired) electrons. The van der Waals surface area contributed by atoms with Crippen LogP contribution in [-0.4, -0.2) is 27.1 Å². The zero-order valence-corrected chi connectivity index (χ0v) is 10.6. The molecule has 0 bridgehead atoms. The van der Waals surface area contributed by atoms with E-state index in [0.717, 1.165) is 37.8 Å². The molecule has 1 aromatic heterocycles. The first-order chi connectivity index (χ1) is 8.66. The third kappa shape index (κ3) is 3.18. The van der Waals surface area contributed by atoms with Crippen LogP contribution in [0.25, 0.3) is 0 Å². The van der Waals surface area contributed by atoms with Crippen molar-refractivity contribution >= 4 is 11.9 Å². The summed E-state index contributed by atoms with van der Waals surface area (Å²) in [6.45, 7) is 1.90. The average Bonchev–Trinajstić information content (AvgIpc) is 2.54. The maximum absolute atomic E-state index is 11.3. The summed E-state index contributed by atoms with van der Waals surface area (Å²) in [4.78, 5) is 19.7. The Morgan fingerprint density at radius 1 is 1.39 bits per heavy atom. The number of carboxylic acids is 1. The molecule has 1 aliphatic carbocycles. The van der Waals surface area contributed by atoms with E-state index in [2.05, 4.69) is 15.3 Å². The smallest absolute Gasteiger partial charge is 0.308 e. The molecule has 2 rings (SSSR count). The van der Waals surface area contributed by atoms with Crippen LogP contribution in [0.5, 0.6) is 0 Å². The summed E-state index contributed by atoms with van der Waals surface area (Å²) < 4.78 is 0. The molecule has 2 N–H and O–H groups in total. The molecule has 1 saturated carbocycles. The van der Waals surface area contributed by atoms with E-state index >= 15 is 0 Å². The molecule has 1 heterocycles. The quantitative estimate of drug-likeness (QED) is 0.803. The first-order valence-electron chi connectivity index (χ1n) is 6.46. The van der Waals surface area contributed by atoms with Crippen molar-refractivity contribution in [3.8, 4) is 0 Å². The van der Waals surface area contributed by atoms with Crippen molar-refractivity contribution in [3.05, 3.63) is 18.0 Å². The molecular weight excluding hydrogens is 230 g/mol. The Morgan fingerprint density at radius 3 is 2.89 bits per heavy atom. The number of rotatable bonds is 3. The number of nitrogens with one attached hydrogen (secondary N) is 1. The predicted octanol–water partition coefficient (Wildman–Crippen LogP) is 2.23. The van der Waals surface area contributed by atoms with E-state index in [1.54, 1.807) is 6.20 Å². The number of aromatic nitrogens is 2. The van der Waals surface area contributed by atoms with Gasteiger partial charge in [0.05, 0.1) is 5.92 Å². The standard InChI is InChI=1S/C13H19N3O2/c1-9-7-8-14-13(15-9)16-11-6-4-2-3-5-10(11)12(17)18/h7-8,10-11H,2-6H2,1H3,(H,17,18)(H,14,15,16). The number of nitrogens with zero attached hydrogens (tertiary/aromatic N) is 2. The van der Waals surface area contributed by atoms with Crippen LogP contribution in [0.1, 0.15) is 37.8 Å². The van der Waals surface area contributed by atoms with Gasteiger partial charge < -0.3 is 10.4 Å². The lowest BCUT2D eigenvalue weighted by Crippen LogP contribution is -2.34. The van der Waals surface area contributed by atoms with Gasteiger partial charge in [0, 0.05) is 17.9 Å². The summed E-state index contributed by atoms with van der Waals surface area (Å²) in [5.74, 6) is -0.521. The van der Waals surface area contributed by atoms with E-state index in [1.165, 1.54) is 0 Å². The minimum atomic E-state index is -0.720. The van der Waals surface area contributed by atoms with E-state index in [-0.39, 0.29) is 12.0 Å². The summed E-state index contributed by atoms with van der Waals surface area (Å²) >= 11 is 0. The van der Waals surface area contributed by atoms with E-state index in [4.69, 9.17) is 0 Å². The molecule has 2 unspecified atom stereocenters. The second kappa shape index (κ2) is 5.80. The molecule has 18 heavy (non-hydrogen) atoms. The van der Waals surface area contributed by atoms with Gasteiger partial charge in [-0.3, -0.25) is 4.79 Å². The van der Waals surface area contributed by atoms with E-state index in [9.17, 15) is 9.90 Å². The number of hydrogen-bond acceptors (Lipinski definition) is 4. The Bertz CT molecular complexity index is 422. The molecule has 2 atom stereocenters. The van der Waals surface area contributed by atoms with Gasteiger partial charge in [-0.1, -0.05) is 19.3 Å². The first kappa shape index (κ1) is 12.8. The van der Waals surface area contributed by atoms with Crippen molar-refractivity contribution in [2.45, 2.75) is 45.1 Å². The SMILES string of the molecule is Cc1ccnc(NC2CCCCCC2C(=O)O)n1. The average molecular weight is 249 g/mol. The molecule has 0 spiro atoms. The highest BCUT2D eigenvalue weighted by Gasteiger charge is 2.29. The van der Waals surface area contributed by atoms with Crippen LogP contribution in [0.3, 0.4) is 0 Å². The van der Waals surface area contributed by atoms with Crippen molar-refractivity contribution in [1.29, 1.82) is 0 Å². The van der Waals surface area contributed by atoms with Crippen LogP contribution in [0, 0.1) is 12.8 Å². The van der Waals surface area contributed by atoms with Gasteiger partial charge in [-0.15, -0.1) is 0 Å². The lowest BCUT2D eigenvalue weighted by atomic mass is 9.95. The number of hydrogen-bond donors (Lipinski definition) is 2. The Morgan fingerprint density at radius 2 is 2.17 bits per heavy atom. The normalized spacial score (nSPS) is 24.3. The lowest BCUT2D eigenvalue weighted by molar-refractivity contribution is -0.142. The molecule has 5 nitrogen and oxygen atoms in total. The fourth-order valence-electron chi connectivity index (χ4n) is 2.46. The van der Waals surface area contributed by atoms with Crippen LogP contribution in [0.4, 0.5) is 5.95 Å². The molecule has 1 aliphatic rings. The largest absolute Gasteiger partial charge is 0.481 e. The van der Waals surface area contributed by atoms with Crippen molar-refractivity contribution in [3.63, 3.8) is 0 Å². The van der Waals surface area contributed by atoms with Gasteiger partial charge >= 0.3 is 5.97 Å². The second-order valence-corrected chi connectivity index (χ2v) is 4.86. The van der Waals surface area contributed by atoms with Gasteiger partial charge in [0.1, 0.15) is 0 Å². The van der Waals surface area contributed by atoms with Crippen molar-refractivity contribution in [1.82, 2.24) is 9.97 Å². The minimum absolute atomic E-state index is 0.0631. The number of carbonyl (C=O) groups is 1. The number of anilines is 1. The van der Waals surface area contributed by atoms with Crippen LogP contribution in [0.15, 0.2) is 12.3 Å². The van der Waals surface area contributed by atoms with Crippen molar-refractivity contribution in [2.75, 3.05) is 5.32 Å². The number of aryl methyl sites for hydroxylation is 1. The third-order valence-corrected chi connectivity index (χ3v) is 3.44. The fraction of sp³-hybridized carbons (Fsp3) is 0.615. The molecule has 1 fully saturated rings. The third-order valence-electron chi connectivity index (χ3n) is 3.44. The summed E-state index contributed by atoms with van der Waals surface area (Å²) in [6, 6.07) is 1.76. The van der Waals surface area contributed by atoms with Gasteiger partial charge in [-0.2, -0.15) is 0 Å². The lowest BCUT2D eigenvalue weighted by Gasteiger charge is -2.22. The summed E-state index contributed by atoms with van der Waals surface area (Å²) in [5, 5.41) is 12.5. The number of aliphatic carboxylic acids is 1. The van der Waals surface area contributed by atoms with Gasteiger partial charge in [-0.25, -0.2) is 9.97 Å². The van der Waals surface area contributed by atoms with Crippen molar-refractivity contribution < 1.29 is 9.90 Å². The minimum Gasteiger partial charge on any atom is -0.481 e. The predicted molar refractivity (Wildman–Crippen MR) is 68.4 cm³/mol.